The Hall–Kier alpha value is -3.74. The number of aryl methyl sites for hydroxylation is 2. The monoisotopic (exact) mass is 390 g/mol. The molecule has 3 aromatic rings. The molecule has 0 bridgehead atoms. The van der Waals surface area contributed by atoms with Gasteiger partial charge >= 0.3 is 0 Å². The zero-order valence-electron chi connectivity index (χ0n) is 16.3. The van der Waals surface area contributed by atoms with E-state index in [1.807, 2.05) is 55.5 Å². The second-order valence-corrected chi connectivity index (χ2v) is 6.49. The average Bonchev–Trinajstić information content (AvgIpc) is 2.73. The summed E-state index contributed by atoms with van der Waals surface area (Å²) in [4.78, 5) is 36.9. The summed E-state index contributed by atoms with van der Waals surface area (Å²) in [5.41, 5.74) is 2.28. The molecule has 0 saturated carbocycles. The van der Waals surface area contributed by atoms with E-state index in [1.165, 1.54) is 10.7 Å². The third-order valence-electron chi connectivity index (χ3n) is 4.41. The van der Waals surface area contributed by atoms with Gasteiger partial charge in [0.2, 0.25) is 11.3 Å². The van der Waals surface area contributed by atoms with Crippen LogP contribution >= 0.6 is 0 Å². The van der Waals surface area contributed by atoms with Crippen molar-refractivity contribution in [1.82, 2.24) is 15.1 Å². The molecule has 0 saturated heterocycles. The predicted molar refractivity (Wildman–Crippen MR) is 111 cm³/mol. The zero-order chi connectivity index (χ0) is 20.8. The summed E-state index contributed by atoms with van der Waals surface area (Å²) in [7, 11) is 0. The van der Waals surface area contributed by atoms with Gasteiger partial charge in [-0.05, 0) is 37.1 Å². The molecule has 148 valence electrons. The minimum atomic E-state index is -0.696. The van der Waals surface area contributed by atoms with Gasteiger partial charge in [0.1, 0.15) is 0 Å². The van der Waals surface area contributed by atoms with E-state index < -0.39 is 11.3 Å². The van der Waals surface area contributed by atoms with Crippen molar-refractivity contribution < 1.29 is 9.59 Å². The fourth-order valence-corrected chi connectivity index (χ4v) is 2.92. The van der Waals surface area contributed by atoms with Gasteiger partial charge in [0.15, 0.2) is 5.69 Å². The number of aromatic nitrogens is 2. The highest BCUT2D eigenvalue weighted by molar-refractivity contribution is 5.98. The maximum Gasteiger partial charge on any atom is 0.276 e. The van der Waals surface area contributed by atoms with Crippen LogP contribution in [0.4, 0.5) is 5.69 Å². The van der Waals surface area contributed by atoms with Crippen LogP contribution in [-0.4, -0.2) is 28.1 Å². The van der Waals surface area contributed by atoms with Crippen molar-refractivity contribution in [2.45, 2.75) is 20.3 Å². The van der Waals surface area contributed by atoms with Crippen molar-refractivity contribution in [2.75, 3.05) is 11.9 Å². The molecule has 0 radical (unpaired) electrons. The number of nitrogens with zero attached hydrogens (tertiary/aromatic N) is 2. The smallest absolute Gasteiger partial charge is 0.276 e. The third kappa shape index (κ3) is 4.76. The molecule has 0 unspecified atom stereocenters. The largest absolute Gasteiger partial charge is 0.341 e. The number of benzene rings is 2. The highest BCUT2D eigenvalue weighted by atomic mass is 16.2. The number of amides is 2. The van der Waals surface area contributed by atoms with Gasteiger partial charge in [-0.3, -0.25) is 14.4 Å². The second kappa shape index (κ2) is 8.97. The molecule has 2 amide bonds. The van der Waals surface area contributed by atoms with E-state index in [0.29, 0.717) is 11.4 Å². The molecule has 7 nitrogen and oxygen atoms in total. The Balaban J connectivity index is 1.72. The van der Waals surface area contributed by atoms with E-state index in [9.17, 15) is 14.4 Å². The van der Waals surface area contributed by atoms with Gasteiger partial charge in [0.05, 0.1) is 12.2 Å². The van der Waals surface area contributed by atoms with E-state index in [1.54, 1.807) is 13.0 Å². The average molecular weight is 390 g/mol. The lowest BCUT2D eigenvalue weighted by molar-refractivity contribution is -0.115. The van der Waals surface area contributed by atoms with E-state index >= 15 is 0 Å². The first-order chi connectivity index (χ1) is 14.0. The molecule has 0 fully saturated rings. The number of carbonyl (C=O) groups is 2. The van der Waals surface area contributed by atoms with Crippen molar-refractivity contribution in [3.63, 3.8) is 0 Å². The van der Waals surface area contributed by atoms with E-state index in [-0.39, 0.29) is 18.1 Å². The number of hydrogen-bond acceptors (Lipinski definition) is 4. The van der Waals surface area contributed by atoms with Crippen molar-refractivity contribution in [1.29, 1.82) is 0 Å². The summed E-state index contributed by atoms with van der Waals surface area (Å²) in [6.45, 7) is 3.46. The summed E-state index contributed by atoms with van der Waals surface area (Å²) in [6, 6.07) is 18.0. The Morgan fingerprint density at radius 3 is 2.45 bits per heavy atom. The van der Waals surface area contributed by atoms with Gasteiger partial charge in [-0.15, -0.1) is 0 Å². The summed E-state index contributed by atoms with van der Waals surface area (Å²) >= 11 is 0. The first kappa shape index (κ1) is 20.0. The predicted octanol–water partition coefficient (Wildman–Crippen LogP) is 2.47. The Labute approximate surface area is 168 Å². The molecule has 0 aliphatic rings. The van der Waals surface area contributed by atoms with Crippen LogP contribution in [0.25, 0.3) is 5.69 Å². The first-order valence-electron chi connectivity index (χ1n) is 9.32. The van der Waals surface area contributed by atoms with Crippen LogP contribution in [0, 0.1) is 6.92 Å². The fraction of sp³-hybridized carbons (Fsp3) is 0.182. The highest BCUT2D eigenvalue weighted by Crippen LogP contribution is 2.15. The lowest BCUT2D eigenvalue weighted by atomic mass is 10.1. The maximum absolute atomic E-state index is 12.5. The minimum Gasteiger partial charge on any atom is -0.341 e. The summed E-state index contributed by atoms with van der Waals surface area (Å²) in [5, 5.41) is 9.43. The van der Waals surface area contributed by atoms with Crippen LogP contribution in [0.5, 0.6) is 0 Å². The number of anilines is 1. The first-order valence-corrected chi connectivity index (χ1v) is 9.32. The Kier molecular flexibility index (Phi) is 6.19. The summed E-state index contributed by atoms with van der Waals surface area (Å²) < 4.78 is 1.52. The molecule has 1 heterocycles. The van der Waals surface area contributed by atoms with Gasteiger partial charge in [-0.25, -0.2) is 4.68 Å². The molecule has 29 heavy (non-hydrogen) atoms. The van der Waals surface area contributed by atoms with Gasteiger partial charge < -0.3 is 10.6 Å². The van der Waals surface area contributed by atoms with Crippen LogP contribution in [0.1, 0.15) is 28.7 Å². The standard InChI is InChI=1S/C22H22N4O3/c1-3-16-9-7-8-12-18(16)24-20(28)14-23-22(29)21-19(27)13-15(2)26(25-21)17-10-5-4-6-11-17/h4-13H,3,14H2,1-2H3,(H,23,29)(H,24,28). The molecule has 0 aliphatic carbocycles. The molecule has 0 spiro atoms. The molecule has 1 aromatic heterocycles. The summed E-state index contributed by atoms with van der Waals surface area (Å²) in [6.07, 6.45) is 0.773. The van der Waals surface area contributed by atoms with Gasteiger partial charge in [0, 0.05) is 17.4 Å². The van der Waals surface area contributed by atoms with Crippen LogP contribution in [0.15, 0.2) is 65.5 Å². The fourth-order valence-electron chi connectivity index (χ4n) is 2.92. The van der Waals surface area contributed by atoms with Crippen molar-refractivity contribution in [2.24, 2.45) is 0 Å². The maximum atomic E-state index is 12.5. The Morgan fingerprint density at radius 1 is 1.03 bits per heavy atom. The molecular formula is C22H22N4O3. The number of para-hydroxylation sites is 2. The quantitative estimate of drug-likeness (QED) is 0.676. The molecular weight excluding hydrogens is 368 g/mol. The van der Waals surface area contributed by atoms with E-state index in [2.05, 4.69) is 15.7 Å². The van der Waals surface area contributed by atoms with Gasteiger partial charge in [-0.2, -0.15) is 5.10 Å². The van der Waals surface area contributed by atoms with Crippen LogP contribution in [0.3, 0.4) is 0 Å². The van der Waals surface area contributed by atoms with Crippen molar-refractivity contribution >= 4 is 17.5 Å². The molecule has 2 aromatic carbocycles. The SMILES string of the molecule is CCc1ccccc1NC(=O)CNC(=O)c1nn(-c2ccccc2)c(C)cc1=O. The number of nitrogens with one attached hydrogen (secondary N) is 2. The molecule has 2 N–H and O–H groups in total. The molecule has 0 atom stereocenters. The number of hydrogen-bond donors (Lipinski definition) is 2. The van der Waals surface area contributed by atoms with Crippen LogP contribution in [0.2, 0.25) is 0 Å². The summed E-state index contributed by atoms with van der Waals surface area (Å²) in [5.74, 6) is -1.08. The Morgan fingerprint density at radius 2 is 1.72 bits per heavy atom. The van der Waals surface area contributed by atoms with Crippen LogP contribution < -0.4 is 16.1 Å². The van der Waals surface area contributed by atoms with Gasteiger partial charge in [-0.1, -0.05) is 43.3 Å². The van der Waals surface area contributed by atoms with E-state index in [4.69, 9.17) is 0 Å². The lowest BCUT2D eigenvalue weighted by Gasteiger charge is -2.12. The Bertz CT molecular complexity index is 1090. The van der Waals surface area contributed by atoms with Gasteiger partial charge in [0.25, 0.3) is 5.91 Å². The van der Waals surface area contributed by atoms with Crippen molar-refractivity contribution in [3.8, 4) is 5.69 Å². The molecule has 0 aliphatic heterocycles. The second-order valence-electron chi connectivity index (χ2n) is 6.49. The highest BCUT2D eigenvalue weighted by Gasteiger charge is 2.16. The van der Waals surface area contributed by atoms with Crippen molar-refractivity contribution in [3.05, 3.63) is 87.8 Å². The number of carbonyl (C=O) groups excluding carboxylic acids is 2. The topological polar surface area (TPSA) is 93.1 Å². The zero-order valence-corrected chi connectivity index (χ0v) is 16.3. The van der Waals surface area contributed by atoms with Crippen LogP contribution in [-0.2, 0) is 11.2 Å². The normalized spacial score (nSPS) is 10.4. The molecule has 3 rings (SSSR count). The minimum absolute atomic E-state index is 0.263. The molecule has 7 heteroatoms. The number of rotatable bonds is 6. The lowest BCUT2D eigenvalue weighted by Crippen LogP contribution is -2.37. The third-order valence-corrected chi connectivity index (χ3v) is 4.41. The van der Waals surface area contributed by atoms with E-state index in [0.717, 1.165) is 17.7 Å².